The van der Waals surface area contributed by atoms with Gasteiger partial charge in [0.2, 0.25) is 0 Å². The Balaban J connectivity index is 1.60. The van der Waals surface area contributed by atoms with E-state index in [4.69, 9.17) is 0 Å². The lowest BCUT2D eigenvalue weighted by molar-refractivity contribution is 0.358. The average molecular weight is 244 g/mol. The van der Waals surface area contributed by atoms with Crippen LogP contribution in [-0.2, 0) is 6.54 Å². The highest BCUT2D eigenvalue weighted by Gasteiger charge is 2.21. The van der Waals surface area contributed by atoms with Gasteiger partial charge in [-0.25, -0.2) is 0 Å². The Bertz CT molecular complexity index is 382. The molecule has 0 spiro atoms. The van der Waals surface area contributed by atoms with Crippen LogP contribution in [0.1, 0.15) is 49.1 Å². The van der Waals surface area contributed by atoms with Crippen molar-refractivity contribution in [2.45, 2.75) is 50.6 Å². The molecule has 0 radical (unpaired) electrons. The molecule has 1 atom stereocenters. The molecule has 2 heteroatoms. The molecule has 1 unspecified atom stereocenters. The Morgan fingerprint density at radius 1 is 1.11 bits per heavy atom. The van der Waals surface area contributed by atoms with E-state index in [9.17, 15) is 0 Å². The summed E-state index contributed by atoms with van der Waals surface area (Å²) in [7, 11) is 0. The molecule has 1 aromatic carbocycles. The number of hydrogen-bond donors (Lipinski definition) is 2. The molecule has 2 nitrogen and oxygen atoms in total. The Morgan fingerprint density at radius 2 is 1.94 bits per heavy atom. The van der Waals surface area contributed by atoms with Gasteiger partial charge in [0.05, 0.1) is 0 Å². The van der Waals surface area contributed by atoms with Crippen molar-refractivity contribution in [1.29, 1.82) is 0 Å². The molecule has 1 aromatic rings. The molecule has 98 valence electrons. The summed E-state index contributed by atoms with van der Waals surface area (Å²) in [5.41, 5.74) is 3.04. The van der Waals surface area contributed by atoms with Gasteiger partial charge in [-0.1, -0.05) is 43.5 Å². The summed E-state index contributed by atoms with van der Waals surface area (Å²) in [6, 6.07) is 9.67. The highest BCUT2D eigenvalue weighted by molar-refractivity contribution is 5.32. The van der Waals surface area contributed by atoms with Gasteiger partial charge in [-0.2, -0.15) is 0 Å². The first-order valence-electron chi connectivity index (χ1n) is 7.45. The van der Waals surface area contributed by atoms with E-state index in [0.717, 1.165) is 25.7 Å². The zero-order chi connectivity index (χ0) is 12.2. The smallest absolute Gasteiger partial charge is 0.0208 e. The molecule has 1 saturated carbocycles. The lowest BCUT2D eigenvalue weighted by Crippen LogP contribution is -2.39. The van der Waals surface area contributed by atoms with Gasteiger partial charge in [0, 0.05) is 31.6 Å². The van der Waals surface area contributed by atoms with Crippen LogP contribution in [0.2, 0.25) is 0 Å². The van der Waals surface area contributed by atoms with E-state index in [1.807, 2.05) is 0 Å². The average Bonchev–Trinajstić information content (AvgIpc) is 2.46. The van der Waals surface area contributed by atoms with Gasteiger partial charge in [0.25, 0.3) is 0 Å². The third-order valence-electron chi connectivity index (χ3n) is 4.46. The van der Waals surface area contributed by atoms with Crippen molar-refractivity contribution in [1.82, 2.24) is 10.6 Å². The van der Waals surface area contributed by atoms with Crippen LogP contribution in [0.25, 0.3) is 0 Å². The Kier molecular flexibility index (Phi) is 3.96. The van der Waals surface area contributed by atoms with E-state index in [-0.39, 0.29) is 0 Å². The Labute approximate surface area is 110 Å². The van der Waals surface area contributed by atoms with Crippen molar-refractivity contribution in [2.75, 3.05) is 13.1 Å². The highest BCUT2D eigenvalue weighted by atomic mass is 14.9. The third kappa shape index (κ3) is 2.76. The molecule has 1 heterocycles. The van der Waals surface area contributed by atoms with Crippen LogP contribution < -0.4 is 10.6 Å². The van der Waals surface area contributed by atoms with E-state index in [2.05, 4.69) is 34.9 Å². The third-order valence-corrected chi connectivity index (χ3v) is 4.46. The van der Waals surface area contributed by atoms with Crippen molar-refractivity contribution in [3.05, 3.63) is 35.4 Å². The maximum absolute atomic E-state index is 3.79. The quantitative estimate of drug-likeness (QED) is 0.854. The monoisotopic (exact) mass is 244 g/mol. The second kappa shape index (κ2) is 5.85. The van der Waals surface area contributed by atoms with E-state index in [0.29, 0.717) is 5.92 Å². The minimum absolute atomic E-state index is 0.650. The van der Waals surface area contributed by atoms with Gasteiger partial charge in [-0.3, -0.25) is 0 Å². The molecule has 1 aliphatic heterocycles. The van der Waals surface area contributed by atoms with Crippen LogP contribution in [0, 0.1) is 0 Å². The lowest BCUT2D eigenvalue weighted by atomic mass is 9.89. The number of hydrogen-bond acceptors (Lipinski definition) is 2. The van der Waals surface area contributed by atoms with Crippen LogP contribution in [0.5, 0.6) is 0 Å². The van der Waals surface area contributed by atoms with Crippen molar-refractivity contribution in [3.63, 3.8) is 0 Å². The molecule has 0 saturated heterocycles. The minimum Gasteiger partial charge on any atom is -0.313 e. The Hall–Kier alpha value is -0.860. The normalized spacial score (nSPS) is 24.8. The number of benzene rings is 1. The number of rotatable bonds is 3. The molecular weight excluding hydrogens is 220 g/mol. The molecule has 3 rings (SSSR count). The second-order valence-corrected chi connectivity index (χ2v) is 5.77. The fourth-order valence-corrected chi connectivity index (χ4v) is 3.38. The molecule has 18 heavy (non-hydrogen) atoms. The maximum atomic E-state index is 3.79. The van der Waals surface area contributed by atoms with Crippen molar-refractivity contribution < 1.29 is 0 Å². The molecule has 1 aliphatic carbocycles. The van der Waals surface area contributed by atoms with Gasteiger partial charge >= 0.3 is 0 Å². The molecule has 0 amide bonds. The van der Waals surface area contributed by atoms with E-state index in [1.54, 1.807) is 5.56 Å². The summed E-state index contributed by atoms with van der Waals surface area (Å²) < 4.78 is 0. The van der Waals surface area contributed by atoms with E-state index in [1.165, 1.54) is 37.7 Å². The summed E-state index contributed by atoms with van der Waals surface area (Å²) in [4.78, 5) is 0. The second-order valence-electron chi connectivity index (χ2n) is 5.77. The molecule has 2 aliphatic rings. The summed E-state index contributed by atoms with van der Waals surface area (Å²) in [6.45, 7) is 3.29. The van der Waals surface area contributed by atoms with Crippen LogP contribution in [0.3, 0.4) is 0 Å². The first kappa shape index (κ1) is 12.2. The maximum Gasteiger partial charge on any atom is 0.0208 e. The topological polar surface area (TPSA) is 24.1 Å². The molecule has 0 aromatic heterocycles. The fourth-order valence-electron chi connectivity index (χ4n) is 3.38. The van der Waals surface area contributed by atoms with Crippen molar-refractivity contribution in [2.24, 2.45) is 0 Å². The van der Waals surface area contributed by atoms with E-state index >= 15 is 0 Å². The standard InChI is InChI=1S/C16H24N2/c1-2-7-15(8-3-1)18-12-14-11-17-10-13-6-4-5-9-16(13)14/h4-6,9,14-15,17-18H,1-3,7-8,10-12H2. The van der Waals surface area contributed by atoms with Crippen LogP contribution >= 0.6 is 0 Å². The SMILES string of the molecule is c1ccc2c(c1)CNCC2CNC1CCCCC1. The van der Waals surface area contributed by atoms with Crippen molar-refractivity contribution >= 4 is 0 Å². The predicted molar refractivity (Wildman–Crippen MR) is 75.8 cm³/mol. The van der Waals surface area contributed by atoms with Gasteiger partial charge in [-0.05, 0) is 24.0 Å². The van der Waals surface area contributed by atoms with Gasteiger partial charge < -0.3 is 10.6 Å². The molecule has 2 N–H and O–H groups in total. The number of nitrogens with one attached hydrogen (secondary N) is 2. The molecule has 0 bridgehead atoms. The van der Waals surface area contributed by atoms with Gasteiger partial charge in [-0.15, -0.1) is 0 Å². The summed E-state index contributed by atoms with van der Waals surface area (Å²) in [5, 5.41) is 7.33. The largest absolute Gasteiger partial charge is 0.313 e. The summed E-state index contributed by atoms with van der Waals surface area (Å²) in [6.07, 6.45) is 7.02. The highest BCUT2D eigenvalue weighted by Crippen LogP contribution is 2.24. The summed E-state index contributed by atoms with van der Waals surface area (Å²) in [5.74, 6) is 0.650. The van der Waals surface area contributed by atoms with Gasteiger partial charge in [0.15, 0.2) is 0 Å². The lowest BCUT2D eigenvalue weighted by Gasteiger charge is -2.30. The van der Waals surface area contributed by atoms with Crippen LogP contribution in [0.4, 0.5) is 0 Å². The van der Waals surface area contributed by atoms with E-state index < -0.39 is 0 Å². The first-order valence-corrected chi connectivity index (χ1v) is 7.45. The zero-order valence-corrected chi connectivity index (χ0v) is 11.1. The Morgan fingerprint density at radius 3 is 2.83 bits per heavy atom. The molecular formula is C16H24N2. The van der Waals surface area contributed by atoms with Crippen LogP contribution in [0.15, 0.2) is 24.3 Å². The predicted octanol–water partition coefficient (Wildman–Crippen LogP) is 2.80. The number of fused-ring (bicyclic) bond motifs is 1. The fraction of sp³-hybridized carbons (Fsp3) is 0.625. The van der Waals surface area contributed by atoms with Gasteiger partial charge in [0.1, 0.15) is 0 Å². The van der Waals surface area contributed by atoms with Crippen molar-refractivity contribution in [3.8, 4) is 0 Å². The summed E-state index contributed by atoms with van der Waals surface area (Å²) >= 11 is 0. The van der Waals surface area contributed by atoms with Crippen LogP contribution in [-0.4, -0.2) is 19.1 Å². The molecule has 1 fully saturated rings. The minimum atomic E-state index is 0.650. The zero-order valence-electron chi connectivity index (χ0n) is 11.1. The first-order chi connectivity index (χ1) is 8.93.